The second-order valence-electron chi connectivity index (χ2n) is 8.66. The molecule has 0 radical (unpaired) electrons. The van der Waals surface area contributed by atoms with Crippen LogP contribution in [0, 0.1) is 0 Å². The number of nitrogens with one attached hydrogen (secondary N) is 2. The average Bonchev–Trinajstić information content (AvgIpc) is 3.50. The normalized spacial score (nSPS) is 13.4. The van der Waals surface area contributed by atoms with Crippen molar-refractivity contribution >= 4 is 22.6 Å². The molecule has 3 aromatic carbocycles. The Hall–Kier alpha value is -3.90. The number of aliphatic hydroxyl groups is 1. The number of ketones is 1. The highest BCUT2D eigenvalue weighted by molar-refractivity contribution is 5.99. The van der Waals surface area contributed by atoms with Crippen LogP contribution < -0.4 is 10.1 Å². The zero-order valence-electron chi connectivity index (χ0n) is 18.9. The fraction of sp³-hybridized carbons (Fsp3) is 0.214. The van der Waals surface area contributed by atoms with Crippen LogP contribution in [-0.4, -0.2) is 41.0 Å². The Bertz CT molecular complexity index is 1370. The van der Waals surface area contributed by atoms with Crippen LogP contribution in [0.5, 0.6) is 5.75 Å². The van der Waals surface area contributed by atoms with Crippen LogP contribution in [0.1, 0.15) is 38.8 Å². The van der Waals surface area contributed by atoms with Crippen LogP contribution in [-0.2, 0) is 12.8 Å². The minimum absolute atomic E-state index is 0.0132. The lowest BCUT2D eigenvalue weighted by Crippen LogP contribution is -2.39. The molecule has 0 aliphatic carbocycles. The lowest BCUT2D eigenvalue weighted by molar-refractivity contribution is 0.0913. The van der Waals surface area contributed by atoms with Gasteiger partial charge >= 0.3 is 0 Å². The summed E-state index contributed by atoms with van der Waals surface area (Å²) >= 11 is 0. The second kappa shape index (κ2) is 9.15. The van der Waals surface area contributed by atoms with Crippen molar-refractivity contribution in [3.05, 3.63) is 89.1 Å². The summed E-state index contributed by atoms with van der Waals surface area (Å²) in [7, 11) is 0. The summed E-state index contributed by atoms with van der Waals surface area (Å²) in [6.07, 6.45) is 3.15. The molecule has 0 unspecified atom stereocenters. The molecule has 0 bridgehead atoms. The highest BCUT2D eigenvalue weighted by atomic mass is 16.5. The molecule has 1 aromatic heterocycles. The van der Waals surface area contributed by atoms with Crippen molar-refractivity contribution in [2.75, 3.05) is 13.2 Å². The van der Waals surface area contributed by atoms with Gasteiger partial charge in [-0.15, -0.1) is 0 Å². The van der Waals surface area contributed by atoms with Gasteiger partial charge in [-0.05, 0) is 53.8 Å². The number of hydrogen-bond acceptors (Lipinski definition) is 4. The first-order chi connectivity index (χ1) is 16.5. The van der Waals surface area contributed by atoms with Crippen molar-refractivity contribution in [2.45, 2.75) is 25.8 Å². The lowest BCUT2D eigenvalue weighted by atomic mass is 9.96. The van der Waals surface area contributed by atoms with Gasteiger partial charge in [-0.3, -0.25) is 9.59 Å². The number of carbonyl (C=O) groups is 2. The van der Waals surface area contributed by atoms with E-state index >= 15 is 0 Å². The summed E-state index contributed by atoms with van der Waals surface area (Å²) in [6.45, 7) is 1.89. The van der Waals surface area contributed by atoms with Gasteiger partial charge in [-0.2, -0.15) is 0 Å². The van der Waals surface area contributed by atoms with Crippen LogP contribution in [0.3, 0.4) is 0 Å². The number of para-hydroxylation sites is 1. The van der Waals surface area contributed by atoms with Crippen molar-refractivity contribution in [3.8, 4) is 16.9 Å². The van der Waals surface area contributed by atoms with E-state index in [-0.39, 0.29) is 18.3 Å². The zero-order valence-corrected chi connectivity index (χ0v) is 18.9. The third kappa shape index (κ3) is 4.20. The molecule has 34 heavy (non-hydrogen) atoms. The van der Waals surface area contributed by atoms with Crippen LogP contribution in [0.4, 0.5) is 0 Å². The van der Waals surface area contributed by atoms with Gasteiger partial charge in [0.15, 0.2) is 5.78 Å². The Balaban J connectivity index is 1.41. The van der Waals surface area contributed by atoms with Crippen molar-refractivity contribution in [1.29, 1.82) is 0 Å². The average molecular weight is 455 g/mol. The molecule has 4 aromatic rings. The Labute approximate surface area is 197 Å². The van der Waals surface area contributed by atoms with E-state index < -0.39 is 6.04 Å². The second-order valence-corrected chi connectivity index (χ2v) is 8.66. The van der Waals surface area contributed by atoms with E-state index in [4.69, 9.17) is 4.74 Å². The molecule has 0 spiro atoms. The van der Waals surface area contributed by atoms with Gasteiger partial charge in [0.25, 0.3) is 5.91 Å². The maximum atomic E-state index is 13.3. The topological polar surface area (TPSA) is 91.4 Å². The molecule has 3 N–H and O–H groups in total. The van der Waals surface area contributed by atoms with Crippen LogP contribution >= 0.6 is 0 Å². The fourth-order valence-corrected chi connectivity index (χ4v) is 4.53. The maximum Gasteiger partial charge on any atom is 0.255 e. The van der Waals surface area contributed by atoms with E-state index in [1.807, 2.05) is 54.7 Å². The lowest BCUT2D eigenvalue weighted by Gasteiger charge is -2.18. The standard InChI is InChI=1S/C28H26N2O4/c1-17(32)18-6-8-19(9-7-18)21-12-20-10-11-34-27(20)25(14-21)28(33)30-23(16-31)13-22-15-29-26-5-3-2-4-24(22)26/h2-9,12,14-15,23,29,31H,10-11,13,16H2,1H3,(H,30,33)/t23-/m1/s1. The molecular weight excluding hydrogens is 428 g/mol. The first kappa shape index (κ1) is 21.9. The van der Waals surface area contributed by atoms with Crippen molar-refractivity contribution in [1.82, 2.24) is 10.3 Å². The number of aliphatic hydroxyl groups excluding tert-OH is 1. The van der Waals surface area contributed by atoms with Gasteiger partial charge < -0.3 is 20.1 Å². The Kier molecular flexibility index (Phi) is 5.90. The Morgan fingerprint density at radius 1 is 1.09 bits per heavy atom. The van der Waals surface area contributed by atoms with Crippen LogP contribution in [0.2, 0.25) is 0 Å². The van der Waals surface area contributed by atoms with Gasteiger partial charge in [0.2, 0.25) is 0 Å². The predicted molar refractivity (Wildman–Crippen MR) is 131 cm³/mol. The van der Waals surface area contributed by atoms with E-state index in [1.165, 1.54) is 6.92 Å². The molecular formula is C28H26N2O4. The minimum atomic E-state index is -0.442. The third-order valence-electron chi connectivity index (χ3n) is 6.35. The molecule has 1 aliphatic heterocycles. The third-order valence-corrected chi connectivity index (χ3v) is 6.35. The molecule has 1 amide bonds. The number of H-pyrrole nitrogens is 1. The number of rotatable bonds is 7. The van der Waals surface area contributed by atoms with Gasteiger partial charge in [0, 0.05) is 29.1 Å². The highest BCUT2D eigenvalue weighted by Crippen LogP contribution is 2.35. The number of Topliss-reactive ketones (excluding diaryl/α,β-unsaturated/α-hetero) is 1. The van der Waals surface area contributed by atoms with E-state index in [0.29, 0.717) is 29.9 Å². The number of amides is 1. The zero-order chi connectivity index (χ0) is 23.7. The summed E-state index contributed by atoms with van der Waals surface area (Å²) in [6, 6.07) is 18.8. The number of aromatic nitrogens is 1. The maximum absolute atomic E-state index is 13.3. The first-order valence-corrected chi connectivity index (χ1v) is 11.4. The molecule has 6 heteroatoms. The van der Waals surface area contributed by atoms with Crippen molar-refractivity contribution in [3.63, 3.8) is 0 Å². The number of ether oxygens (including phenoxy) is 1. The van der Waals surface area contributed by atoms with Gasteiger partial charge in [-0.1, -0.05) is 42.5 Å². The molecule has 0 saturated carbocycles. The molecule has 2 heterocycles. The fourth-order valence-electron chi connectivity index (χ4n) is 4.53. The number of carbonyl (C=O) groups excluding carboxylic acids is 2. The van der Waals surface area contributed by atoms with Gasteiger partial charge in [0.1, 0.15) is 5.75 Å². The summed E-state index contributed by atoms with van der Waals surface area (Å²) in [5.74, 6) is 0.337. The summed E-state index contributed by atoms with van der Waals surface area (Å²) in [5.41, 5.74) is 5.96. The number of benzene rings is 3. The van der Waals surface area contributed by atoms with Gasteiger partial charge in [0.05, 0.1) is 24.8 Å². The molecule has 1 atom stereocenters. The van der Waals surface area contributed by atoms with Gasteiger partial charge in [-0.25, -0.2) is 0 Å². The summed E-state index contributed by atoms with van der Waals surface area (Å²) in [4.78, 5) is 28.2. The molecule has 6 nitrogen and oxygen atoms in total. The molecule has 5 rings (SSSR count). The molecule has 1 aliphatic rings. The predicted octanol–water partition coefficient (Wildman–Crippen LogP) is 4.31. The number of hydrogen-bond donors (Lipinski definition) is 3. The molecule has 172 valence electrons. The largest absolute Gasteiger partial charge is 0.492 e. The van der Waals surface area contributed by atoms with E-state index in [1.54, 1.807) is 12.1 Å². The highest BCUT2D eigenvalue weighted by Gasteiger charge is 2.24. The first-order valence-electron chi connectivity index (χ1n) is 11.4. The monoisotopic (exact) mass is 454 g/mol. The van der Waals surface area contributed by atoms with E-state index in [0.717, 1.165) is 39.6 Å². The smallest absolute Gasteiger partial charge is 0.255 e. The Morgan fingerprint density at radius 2 is 1.88 bits per heavy atom. The number of aromatic amines is 1. The van der Waals surface area contributed by atoms with Crippen LogP contribution in [0.25, 0.3) is 22.0 Å². The molecule has 0 saturated heterocycles. The Morgan fingerprint density at radius 3 is 2.65 bits per heavy atom. The molecule has 0 fully saturated rings. The summed E-state index contributed by atoms with van der Waals surface area (Å²) < 4.78 is 5.80. The van der Waals surface area contributed by atoms with Crippen molar-refractivity contribution < 1.29 is 19.4 Å². The van der Waals surface area contributed by atoms with E-state index in [9.17, 15) is 14.7 Å². The number of fused-ring (bicyclic) bond motifs is 2. The SMILES string of the molecule is CC(=O)c1ccc(-c2cc3c(c(C(=O)N[C@@H](CO)Cc4c[nH]c5ccccc45)c2)OCC3)cc1. The minimum Gasteiger partial charge on any atom is -0.492 e. The van der Waals surface area contributed by atoms with Crippen molar-refractivity contribution in [2.24, 2.45) is 0 Å². The summed E-state index contributed by atoms with van der Waals surface area (Å²) in [5, 5.41) is 14.1. The quantitative estimate of drug-likeness (QED) is 0.363. The van der Waals surface area contributed by atoms with E-state index in [2.05, 4.69) is 10.3 Å². The van der Waals surface area contributed by atoms with Crippen LogP contribution in [0.15, 0.2) is 66.9 Å².